The average Bonchev–Trinajstić information content (AvgIpc) is 3.53. The number of nitrogens with one attached hydrogen (secondary N) is 4. The lowest BCUT2D eigenvalue weighted by Gasteiger charge is -2.36. The molecule has 0 bridgehead atoms. The molecule has 3 aliphatic heterocycles. The number of aromatic amines is 1. The molecule has 4 N–H and O–H groups in total. The van der Waals surface area contributed by atoms with Crippen molar-refractivity contribution in [2.75, 3.05) is 42.7 Å². The number of H-pyrrole nitrogens is 1. The molecule has 58 heavy (non-hydrogen) atoms. The highest BCUT2D eigenvalue weighted by Crippen LogP contribution is 2.29. The van der Waals surface area contributed by atoms with E-state index in [9.17, 15) is 27.6 Å². The lowest BCUT2D eigenvalue weighted by atomic mass is 10.0. The first-order valence-electron chi connectivity index (χ1n) is 19.7. The van der Waals surface area contributed by atoms with E-state index in [1.54, 1.807) is 35.2 Å². The Balaban J connectivity index is 0.798. The molecule has 15 heteroatoms. The van der Waals surface area contributed by atoms with Crippen molar-refractivity contribution in [2.24, 2.45) is 4.99 Å². The third-order valence-corrected chi connectivity index (χ3v) is 12.1. The first kappa shape index (κ1) is 40.1. The highest BCUT2D eigenvalue weighted by atomic mass is 32.2. The molecule has 1 atom stereocenters. The number of hydrogen-bond acceptors (Lipinski definition) is 8. The standard InChI is InChI=1S/C43H48N8O6S/c1-58(56,57)34-18-12-30(13-19-34)36-8-6-9-38(46-36)47-43(44)45-32-14-16-33(17-15-32)49-23-25-50(26-24-49)40(53)10-5-3-2-4-7-29-11-20-35-31(27-29)28-51(42(35)55)37-21-22-39(52)48-41(37)54/h6,8-9,11-20,27,37H,2-5,7,10,21-26,28H2,1H3,(H,48,52,54)(H3,44,45,46,47). The third-order valence-electron chi connectivity index (χ3n) is 10.9. The largest absolute Gasteiger partial charge is 0.368 e. The molecule has 2 fully saturated rings. The van der Waals surface area contributed by atoms with Gasteiger partial charge >= 0.3 is 0 Å². The first-order chi connectivity index (χ1) is 27.9. The van der Waals surface area contributed by atoms with Crippen LogP contribution in [0.5, 0.6) is 0 Å². The van der Waals surface area contributed by atoms with Gasteiger partial charge in [-0.15, -0.1) is 0 Å². The quantitative estimate of drug-likeness (QED) is 0.0690. The molecule has 1 unspecified atom stereocenters. The van der Waals surface area contributed by atoms with Gasteiger partial charge in [-0.3, -0.25) is 29.9 Å². The minimum atomic E-state index is -3.29. The minimum absolute atomic E-state index is 0.0416. The number of sulfone groups is 1. The number of carbonyl (C=O) groups is 4. The van der Waals surface area contributed by atoms with E-state index in [-0.39, 0.29) is 35.0 Å². The predicted molar refractivity (Wildman–Crippen MR) is 221 cm³/mol. The maximum atomic E-state index is 13.0. The number of aryl methyl sites for hydroxylation is 1. The molecular weight excluding hydrogens is 757 g/mol. The molecule has 3 aromatic carbocycles. The molecule has 302 valence electrons. The van der Waals surface area contributed by atoms with Gasteiger partial charge in [0.15, 0.2) is 9.84 Å². The molecule has 4 amide bonds. The predicted octanol–water partition coefficient (Wildman–Crippen LogP) is 4.64. The van der Waals surface area contributed by atoms with Crippen LogP contribution in [0.25, 0.3) is 11.3 Å². The Bertz CT molecular complexity index is 2390. The Morgan fingerprint density at radius 3 is 2.36 bits per heavy atom. The van der Waals surface area contributed by atoms with Crippen LogP contribution in [0, 0.1) is 5.41 Å². The zero-order valence-corrected chi connectivity index (χ0v) is 33.3. The number of amides is 4. The van der Waals surface area contributed by atoms with Gasteiger partial charge in [0.05, 0.1) is 4.90 Å². The molecule has 3 aliphatic rings. The van der Waals surface area contributed by atoms with Crippen LogP contribution >= 0.6 is 0 Å². The number of fused-ring (bicyclic) bond motifs is 1. The van der Waals surface area contributed by atoms with Gasteiger partial charge in [0.25, 0.3) is 5.91 Å². The Morgan fingerprint density at radius 2 is 1.64 bits per heavy atom. The second-order valence-electron chi connectivity index (χ2n) is 15.1. The van der Waals surface area contributed by atoms with E-state index in [0.717, 1.165) is 79.0 Å². The van der Waals surface area contributed by atoms with Gasteiger partial charge in [0.2, 0.25) is 23.7 Å². The fraction of sp³-hybridized carbons (Fsp3) is 0.349. The Kier molecular flexibility index (Phi) is 12.2. The van der Waals surface area contributed by atoms with Gasteiger partial charge in [0, 0.05) is 74.5 Å². The molecule has 0 spiro atoms. The number of piperidine rings is 1. The van der Waals surface area contributed by atoms with E-state index in [4.69, 9.17) is 5.41 Å². The number of carbonyl (C=O) groups excluding carboxylic acids is 4. The van der Waals surface area contributed by atoms with E-state index < -0.39 is 21.8 Å². The van der Waals surface area contributed by atoms with Gasteiger partial charge in [-0.05, 0) is 97.0 Å². The number of imide groups is 1. The van der Waals surface area contributed by atoms with Crippen molar-refractivity contribution in [3.05, 3.63) is 107 Å². The zero-order chi connectivity index (χ0) is 40.8. The second-order valence-corrected chi connectivity index (χ2v) is 17.1. The SMILES string of the molecule is CS(=O)(=O)c1ccc(-c2ccc/c(=N/C(=N)Nc3ccc(N4CCN(C(=O)CCCCCCc5ccc6c(c5)CN(C5CCC(=O)NC5=O)C6=O)CC4)cc3)[nH]2)cc1. The smallest absolute Gasteiger partial charge is 0.255 e. The number of nitrogens with zero attached hydrogens (tertiary/aromatic N) is 4. The zero-order valence-electron chi connectivity index (χ0n) is 32.5. The van der Waals surface area contributed by atoms with Crippen LogP contribution in [-0.2, 0) is 37.2 Å². The van der Waals surface area contributed by atoms with Gasteiger partial charge in [-0.25, -0.2) is 8.42 Å². The lowest BCUT2D eigenvalue weighted by Crippen LogP contribution is -2.52. The summed E-state index contributed by atoms with van der Waals surface area (Å²) in [6.07, 6.45) is 7.00. The minimum Gasteiger partial charge on any atom is -0.368 e. The van der Waals surface area contributed by atoms with Crippen molar-refractivity contribution in [3.63, 3.8) is 0 Å². The highest BCUT2D eigenvalue weighted by Gasteiger charge is 2.39. The number of benzene rings is 3. The number of rotatable bonds is 12. The van der Waals surface area contributed by atoms with E-state index >= 15 is 0 Å². The van der Waals surface area contributed by atoms with Crippen LogP contribution in [0.4, 0.5) is 11.4 Å². The summed E-state index contributed by atoms with van der Waals surface area (Å²) in [4.78, 5) is 63.4. The monoisotopic (exact) mass is 804 g/mol. The topological polar surface area (TPSA) is 188 Å². The summed E-state index contributed by atoms with van der Waals surface area (Å²) in [5, 5.41) is 13.8. The average molecular weight is 805 g/mol. The Morgan fingerprint density at radius 1 is 0.897 bits per heavy atom. The molecule has 0 radical (unpaired) electrons. The maximum absolute atomic E-state index is 13.0. The van der Waals surface area contributed by atoms with E-state index in [1.165, 1.54) is 6.26 Å². The Hall–Kier alpha value is -6.09. The summed E-state index contributed by atoms with van der Waals surface area (Å²) in [5.41, 5.74) is 6.49. The number of aromatic nitrogens is 1. The van der Waals surface area contributed by atoms with Gasteiger partial charge in [-0.1, -0.05) is 43.2 Å². The fourth-order valence-corrected chi connectivity index (χ4v) is 8.36. The number of anilines is 2. The number of hydrogen-bond donors (Lipinski definition) is 4. The molecule has 0 saturated carbocycles. The number of piperazine rings is 1. The first-order valence-corrected chi connectivity index (χ1v) is 21.6. The van der Waals surface area contributed by atoms with E-state index in [2.05, 4.69) is 31.6 Å². The fourth-order valence-electron chi connectivity index (χ4n) is 7.73. The number of guanidine groups is 1. The maximum Gasteiger partial charge on any atom is 0.255 e. The van der Waals surface area contributed by atoms with Crippen LogP contribution in [0.2, 0.25) is 0 Å². The second kappa shape index (κ2) is 17.6. The normalized spacial score (nSPS) is 17.3. The molecule has 1 aromatic heterocycles. The molecule has 7 rings (SSSR count). The Labute approximate surface area is 337 Å². The summed E-state index contributed by atoms with van der Waals surface area (Å²) in [5.74, 6) is -0.698. The van der Waals surface area contributed by atoms with Crippen molar-refractivity contribution in [1.29, 1.82) is 5.41 Å². The third kappa shape index (κ3) is 9.71. The van der Waals surface area contributed by atoms with Crippen molar-refractivity contribution in [2.45, 2.75) is 68.8 Å². The molecule has 14 nitrogen and oxygen atoms in total. The van der Waals surface area contributed by atoms with Gasteiger partial charge in [-0.2, -0.15) is 4.99 Å². The van der Waals surface area contributed by atoms with Crippen LogP contribution < -0.4 is 21.0 Å². The van der Waals surface area contributed by atoms with Crippen molar-refractivity contribution in [1.82, 2.24) is 20.1 Å². The van der Waals surface area contributed by atoms with E-state index in [0.29, 0.717) is 43.5 Å². The van der Waals surface area contributed by atoms with Gasteiger partial charge in [0.1, 0.15) is 11.5 Å². The molecule has 4 aromatic rings. The van der Waals surface area contributed by atoms with Crippen molar-refractivity contribution in [3.8, 4) is 11.3 Å². The van der Waals surface area contributed by atoms with Gasteiger partial charge < -0.3 is 25.0 Å². The van der Waals surface area contributed by atoms with Crippen molar-refractivity contribution >= 4 is 50.8 Å². The van der Waals surface area contributed by atoms with Crippen molar-refractivity contribution < 1.29 is 27.6 Å². The molecule has 4 heterocycles. The van der Waals surface area contributed by atoms with Crippen LogP contribution in [0.1, 0.15) is 66.4 Å². The summed E-state index contributed by atoms with van der Waals surface area (Å²) < 4.78 is 23.6. The van der Waals surface area contributed by atoms with Crippen LogP contribution in [0.3, 0.4) is 0 Å². The summed E-state index contributed by atoms with van der Waals surface area (Å²) in [7, 11) is -3.29. The lowest BCUT2D eigenvalue weighted by molar-refractivity contribution is -0.137. The van der Waals surface area contributed by atoms with E-state index in [1.807, 2.05) is 53.4 Å². The van der Waals surface area contributed by atoms with Crippen LogP contribution in [0.15, 0.2) is 94.8 Å². The number of pyridine rings is 1. The number of unbranched alkanes of at least 4 members (excludes halogenated alkanes) is 3. The van der Waals surface area contributed by atoms with Crippen LogP contribution in [-0.4, -0.2) is 91.3 Å². The highest BCUT2D eigenvalue weighted by molar-refractivity contribution is 7.90. The molecular formula is C43H48N8O6S. The summed E-state index contributed by atoms with van der Waals surface area (Å²) >= 11 is 0. The molecule has 2 saturated heterocycles. The summed E-state index contributed by atoms with van der Waals surface area (Å²) in [6.45, 7) is 3.20. The molecule has 0 aliphatic carbocycles. The summed E-state index contributed by atoms with van der Waals surface area (Å²) in [6, 6.07) is 25.1.